The summed E-state index contributed by atoms with van der Waals surface area (Å²) in [4.78, 5) is 30.7. The average molecular weight is 531 g/mol. The number of carbonyl (C=O) groups excluding carboxylic acids is 2. The average Bonchev–Trinajstić information content (AvgIpc) is 3.12. The van der Waals surface area contributed by atoms with E-state index in [1.54, 1.807) is 17.0 Å². The van der Waals surface area contributed by atoms with Crippen LogP contribution in [0, 0.1) is 18.6 Å². The van der Waals surface area contributed by atoms with Crippen molar-refractivity contribution >= 4 is 11.8 Å². The number of hydrogen-bond acceptors (Lipinski definition) is 3. The summed E-state index contributed by atoms with van der Waals surface area (Å²) < 4.78 is 34.1. The van der Waals surface area contributed by atoms with E-state index in [2.05, 4.69) is 0 Å². The molecule has 3 rings (SSSR count). The molecule has 1 fully saturated rings. The molecule has 2 aromatic rings. The predicted molar refractivity (Wildman–Crippen MR) is 148 cm³/mol. The molecule has 0 aromatic heterocycles. The first-order valence-electron chi connectivity index (χ1n) is 13.9. The van der Waals surface area contributed by atoms with Gasteiger partial charge in [-0.1, -0.05) is 34.6 Å². The van der Waals surface area contributed by atoms with Gasteiger partial charge >= 0.3 is 0 Å². The van der Waals surface area contributed by atoms with Crippen molar-refractivity contribution in [2.24, 2.45) is 0 Å². The fourth-order valence-electron chi connectivity index (χ4n) is 5.22. The number of halogens is 2. The normalized spacial score (nSPS) is 18.1. The number of ether oxygens (including phenoxy) is 1. The molecule has 7 heteroatoms. The maximum Gasteiger partial charge on any atom is 0.256 e. The SMILES string of the molecule is CC.CCCN(CCC)C(=O)c1cc(C)cc(C(=O)N2C(Cc3cc(F)cc(F)c3)C(CC)OC2(C)C)c1. The smallest absolute Gasteiger partial charge is 0.256 e. The zero-order valence-electron chi connectivity index (χ0n) is 24.2. The fraction of sp³-hybridized carbons (Fsp3) is 0.548. The number of rotatable bonds is 9. The number of benzene rings is 2. The van der Waals surface area contributed by atoms with Crippen molar-refractivity contribution < 1.29 is 23.1 Å². The lowest BCUT2D eigenvalue weighted by atomic mass is 9.96. The maximum atomic E-state index is 14.0. The van der Waals surface area contributed by atoms with Crippen LogP contribution in [0.5, 0.6) is 0 Å². The number of amides is 2. The molecule has 1 aliphatic rings. The molecule has 1 saturated heterocycles. The molecular weight excluding hydrogens is 486 g/mol. The lowest BCUT2D eigenvalue weighted by Crippen LogP contribution is -2.49. The van der Waals surface area contributed by atoms with E-state index in [0.717, 1.165) is 24.5 Å². The van der Waals surface area contributed by atoms with E-state index in [9.17, 15) is 18.4 Å². The van der Waals surface area contributed by atoms with Crippen LogP contribution >= 0.6 is 0 Å². The number of aryl methyl sites for hydroxylation is 1. The molecule has 2 unspecified atom stereocenters. The molecule has 1 heterocycles. The summed E-state index contributed by atoms with van der Waals surface area (Å²) in [5.41, 5.74) is 1.22. The van der Waals surface area contributed by atoms with E-state index in [1.807, 2.05) is 66.4 Å². The quantitative estimate of drug-likeness (QED) is 0.346. The van der Waals surface area contributed by atoms with Gasteiger partial charge in [-0.3, -0.25) is 9.59 Å². The van der Waals surface area contributed by atoms with Gasteiger partial charge in [0, 0.05) is 30.3 Å². The Morgan fingerprint density at radius 1 is 0.921 bits per heavy atom. The summed E-state index contributed by atoms with van der Waals surface area (Å²) in [6, 6.07) is 8.25. The second-order valence-corrected chi connectivity index (χ2v) is 10.1. The Morgan fingerprint density at radius 2 is 1.47 bits per heavy atom. The van der Waals surface area contributed by atoms with Crippen LogP contribution in [0.15, 0.2) is 36.4 Å². The number of nitrogens with zero attached hydrogens (tertiary/aromatic N) is 2. The molecule has 5 nitrogen and oxygen atoms in total. The second-order valence-electron chi connectivity index (χ2n) is 10.1. The zero-order valence-corrected chi connectivity index (χ0v) is 24.2. The molecule has 2 atom stereocenters. The highest BCUT2D eigenvalue weighted by Gasteiger charge is 2.49. The minimum Gasteiger partial charge on any atom is -0.351 e. The Morgan fingerprint density at radius 3 is 2.00 bits per heavy atom. The summed E-state index contributed by atoms with van der Waals surface area (Å²) in [6.07, 6.45) is 2.29. The summed E-state index contributed by atoms with van der Waals surface area (Å²) in [6.45, 7) is 16.9. The predicted octanol–water partition coefficient (Wildman–Crippen LogP) is 7.16. The molecule has 0 spiro atoms. The van der Waals surface area contributed by atoms with Gasteiger partial charge in [-0.2, -0.15) is 0 Å². The third-order valence-corrected chi connectivity index (χ3v) is 6.61. The first-order valence-corrected chi connectivity index (χ1v) is 13.9. The Kier molecular flexibility index (Phi) is 11.4. The van der Waals surface area contributed by atoms with Crippen molar-refractivity contribution in [2.45, 2.75) is 98.9 Å². The second kappa shape index (κ2) is 13.8. The molecular formula is C31H44F2N2O3. The highest BCUT2D eigenvalue weighted by Crippen LogP contribution is 2.37. The van der Waals surface area contributed by atoms with E-state index in [4.69, 9.17) is 4.74 Å². The van der Waals surface area contributed by atoms with Gasteiger partial charge in [0.25, 0.3) is 11.8 Å². The van der Waals surface area contributed by atoms with Crippen molar-refractivity contribution in [3.05, 3.63) is 70.3 Å². The zero-order chi connectivity index (χ0) is 28.6. The van der Waals surface area contributed by atoms with Crippen LogP contribution in [-0.2, 0) is 11.2 Å². The van der Waals surface area contributed by atoms with E-state index in [0.29, 0.717) is 36.2 Å². The Labute approximate surface area is 227 Å². The van der Waals surface area contributed by atoms with Crippen LogP contribution in [0.3, 0.4) is 0 Å². The van der Waals surface area contributed by atoms with Gasteiger partial charge in [-0.05, 0) is 87.9 Å². The molecule has 0 bridgehead atoms. The van der Waals surface area contributed by atoms with Crippen molar-refractivity contribution in [1.29, 1.82) is 0 Å². The first kappa shape index (κ1) is 31.4. The Balaban J connectivity index is 0.00000247. The number of carbonyl (C=O) groups is 2. The molecule has 0 saturated carbocycles. The van der Waals surface area contributed by atoms with Crippen LogP contribution in [-0.4, -0.2) is 52.6 Å². The molecule has 0 N–H and O–H groups in total. The van der Waals surface area contributed by atoms with Crippen molar-refractivity contribution in [3.8, 4) is 0 Å². The molecule has 2 aromatic carbocycles. The largest absolute Gasteiger partial charge is 0.351 e. The van der Waals surface area contributed by atoms with Crippen molar-refractivity contribution in [3.63, 3.8) is 0 Å². The number of hydrogen-bond donors (Lipinski definition) is 0. The third kappa shape index (κ3) is 7.40. The molecule has 2 amide bonds. The van der Waals surface area contributed by atoms with Gasteiger partial charge in [-0.25, -0.2) is 8.78 Å². The van der Waals surface area contributed by atoms with Crippen LogP contribution in [0.2, 0.25) is 0 Å². The molecule has 0 radical (unpaired) electrons. The van der Waals surface area contributed by atoms with Gasteiger partial charge < -0.3 is 14.5 Å². The Bertz CT molecular complexity index is 1080. The lowest BCUT2D eigenvalue weighted by Gasteiger charge is -2.34. The van der Waals surface area contributed by atoms with Crippen molar-refractivity contribution in [1.82, 2.24) is 9.80 Å². The molecule has 1 aliphatic heterocycles. The fourth-order valence-corrected chi connectivity index (χ4v) is 5.22. The Hall–Kier alpha value is -2.80. The first-order chi connectivity index (χ1) is 18.0. The standard InChI is InChI=1S/C29H38F2N2O3.C2H6/c1-7-10-32(11-8-2)27(34)21-12-19(4)13-22(17-21)28(35)33-25(26(9-3)36-29(33,5)6)16-20-14-23(30)18-24(31)15-20;1-2/h12-15,17-18,25-26H,7-11,16H2,1-6H3;1-2H3. The van der Waals surface area contributed by atoms with E-state index in [1.165, 1.54) is 12.1 Å². The topological polar surface area (TPSA) is 49.9 Å². The van der Waals surface area contributed by atoms with Crippen LogP contribution in [0.25, 0.3) is 0 Å². The van der Waals surface area contributed by atoms with Gasteiger partial charge in [0.15, 0.2) is 0 Å². The van der Waals surface area contributed by atoms with E-state index < -0.39 is 23.4 Å². The van der Waals surface area contributed by atoms with Gasteiger partial charge in [0.05, 0.1) is 12.1 Å². The minimum absolute atomic E-state index is 0.0911. The van der Waals surface area contributed by atoms with Crippen molar-refractivity contribution in [2.75, 3.05) is 13.1 Å². The van der Waals surface area contributed by atoms with E-state index in [-0.39, 0.29) is 24.3 Å². The van der Waals surface area contributed by atoms with Crippen LogP contribution in [0.4, 0.5) is 8.78 Å². The van der Waals surface area contributed by atoms with Gasteiger partial charge in [0.2, 0.25) is 0 Å². The monoisotopic (exact) mass is 530 g/mol. The summed E-state index contributed by atoms with van der Waals surface area (Å²) >= 11 is 0. The molecule has 38 heavy (non-hydrogen) atoms. The third-order valence-electron chi connectivity index (χ3n) is 6.61. The van der Waals surface area contributed by atoms with E-state index >= 15 is 0 Å². The summed E-state index contributed by atoms with van der Waals surface area (Å²) in [5, 5.41) is 0. The molecule has 0 aliphatic carbocycles. The highest BCUT2D eigenvalue weighted by atomic mass is 19.1. The highest BCUT2D eigenvalue weighted by molar-refractivity contribution is 6.00. The molecule has 210 valence electrons. The van der Waals surface area contributed by atoms with Crippen LogP contribution in [0.1, 0.15) is 99.6 Å². The maximum absolute atomic E-state index is 14.0. The van der Waals surface area contributed by atoms with Gasteiger partial charge in [-0.15, -0.1) is 0 Å². The minimum atomic E-state index is -0.932. The van der Waals surface area contributed by atoms with Crippen LogP contribution < -0.4 is 0 Å². The lowest BCUT2D eigenvalue weighted by molar-refractivity contribution is -0.0648. The summed E-state index contributed by atoms with van der Waals surface area (Å²) in [7, 11) is 0. The summed E-state index contributed by atoms with van der Waals surface area (Å²) in [5.74, 6) is -1.67. The van der Waals surface area contributed by atoms with Gasteiger partial charge in [0.1, 0.15) is 17.4 Å².